The highest BCUT2D eigenvalue weighted by Gasteiger charge is 2.47. The van der Waals surface area contributed by atoms with E-state index in [0.717, 1.165) is 19.3 Å². The molecule has 218 valence electrons. The van der Waals surface area contributed by atoms with E-state index in [1.807, 2.05) is 0 Å². The zero-order chi connectivity index (χ0) is 28.4. The molecule has 6 N–H and O–H groups in total. The van der Waals surface area contributed by atoms with E-state index in [4.69, 9.17) is 15.2 Å². The summed E-state index contributed by atoms with van der Waals surface area (Å²) in [5.41, 5.74) is 6.84. The Labute approximate surface area is 230 Å². The van der Waals surface area contributed by atoms with Crippen LogP contribution in [0.25, 0.3) is 11.2 Å². The van der Waals surface area contributed by atoms with Crippen LogP contribution >= 0.6 is 0 Å². The number of aliphatic hydroxyl groups excluding tert-OH is 2. The van der Waals surface area contributed by atoms with Crippen molar-refractivity contribution in [2.24, 2.45) is 11.8 Å². The Morgan fingerprint density at radius 1 is 1.23 bits per heavy atom. The van der Waals surface area contributed by atoms with Gasteiger partial charge in [-0.3, -0.25) is 14.2 Å². The number of amides is 3. The number of nitrogen functional groups attached to an aromatic ring is 1. The summed E-state index contributed by atoms with van der Waals surface area (Å²) in [7, 11) is 0. The van der Waals surface area contributed by atoms with Gasteiger partial charge in [0.05, 0.1) is 12.9 Å². The summed E-state index contributed by atoms with van der Waals surface area (Å²) < 4.78 is 12.6. The number of nitrogens with one attached hydrogen (secondary N) is 2. The Morgan fingerprint density at radius 2 is 2.00 bits per heavy atom. The molecule has 3 aliphatic rings. The predicted octanol–water partition coefficient (Wildman–Crippen LogP) is -0.919. The quantitative estimate of drug-likeness (QED) is 0.267. The molecule has 0 aliphatic carbocycles. The van der Waals surface area contributed by atoms with Crippen molar-refractivity contribution in [1.29, 1.82) is 0 Å². The molecule has 0 bridgehead atoms. The van der Waals surface area contributed by atoms with E-state index in [0.29, 0.717) is 61.9 Å². The van der Waals surface area contributed by atoms with Crippen LogP contribution in [0.5, 0.6) is 0 Å². The van der Waals surface area contributed by atoms with E-state index < -0.39 is 30.4 Å². The molecule has 0 radical (unpaired) electrons. The second kappa shape index (κ2) is 11.9. The monoisotopic (exact) mass is 560 g/mol. The first-order chi connectivity index (χ1) is 19.2. The smallest absolute Gasteiger partial charge is 0.409 e. The van der Waals surface area contributed by atoms with Crippen LogP contribution in [-0.4, -0.2) is 104 Å². The minimum Gasteiger partial charge on any atom is -0.449 e. The first-order valence-electron chi connectivity index (χ1n) is 13.7. The third-order valence-corrected chi connectivity index (χ3v) is 7.77. The van der Waals surface area contributed by atoms with Crippen molar-refractivity contribution < 1.29 is 34.1 Å². The van der Waals surface area contributed by atoms with Gasteiger partial charge in [-0.2, -0.15) is 0 Å². The first-order valence-corrected chi connectivity index (χ1v) is 13.7. The van der Waals surface area contributed by atoms with Crippen LogP contribution in [0.3, 0.4) is 0 Å². The standard InChI is InChI=1S/C25H36N8O7/c1-2-27-23(37)20-18(35)19(36)24(40-20)33-12-29-17-21(26)30-15(31-22(17)33)4-3-13-5-7-32(8-6-13)25(38)39-11-14-9-16(34)28-10-14/h12-14,18-20,24,35-36H,2-11H2,1H3,(H,27,37)(H,28,34)(H2,26,30,31)/t14?,18?,19?,20-,24+/m0/s1. The average Bonchev–Trinajstić information content (AvgIpc) is 3.64. The van der Waals surface area contributed by atoms with Crippen molar-refractivity contribution >= 4 is 34.9 Å². The van der Waals surface area contributed by atoms with Crippen molar-refractivity contribution in [2.45, 2.75) is 63.6 Å². The van der Waals surface area contributed by atoms with Gasteiger partial charge in [-0.15, -0.1) is 0 Å². The number of likely N-dealkylation sites (tertiary alicyclic amines) is 1. The molecule has 0 saturated carbocycles. The van der Waals surface area contributed by atoms with Gasteiger partial charge in [0, 0.05) is 44.9 Å². The number of hydrogen-bond donors (Lipinski definition) is 5. The Kier molecular flexibility index (Phi) is 8.32. The second-order valence-electron chi connectivity index (χ2n) is 10.6. The van der Waals surface area contributed by atoms with Crippen molar-refractivity contribution in [1.82, 2.24) is 35.1 Å². The lowest BCUT2D eigenvalue weighted by molar-refractivity contribution is -0.137. The van der Waals surface area contributed by atoms with Gasteiger partial charge in [0.25, 0.3) is 5.91 Å². The Bertz CT molecular complexity index is 1250. The molecule has 0 spiro atoms. The lowest BCUT2D eigenvalue weighted by atomic mass is 9.92. The number of imidazole rings is 1. The molecular weight excluding hydrogens is 524 g/mol. The highest BCUT2D eigenvalue weighted by atomic mass is 16.6. The lowest BCUT2D eigenvalue weighted by Crippen LogP contribution is -2.42. The molecule has 5 rings (SSSR count). The molecule has 3 saturated heterocycles. The van der Waals surface area contributed by atoms with Gasteiger partial charge in [-0.25, -0.2) is 19.7 Å². The van der Waals surface area contributed by atoms with E-state index in [1.165, 1.54) is 10.9 Å². The largest absolute Gasteiger partial charge is 0.449 e. The summed E-state index contributed by atoms with van der Waals surface area (Å²) in [6, 6.07) is 0. The predicted molar refractivity (Wildman–Crippen MR) is 139 cm³/mol. The fourth-order valence-corrected chi connectivity index (χ4v) is 5.46. The van der Waals surface area contributed by atoms with Crippen LogP contribution in [0.1, 0.15) is 44.7 Å². The highest BCUT2D eigenvalue weighted by molar-refractivity contribution is 5.83. The van der Waals surface area contributed by atoms with E-state index in [-0.39, 0.29) is 30.3 Å². The third kappa shape index (κ3) is 5.81. The minimum absolute atomic E-state index is 0.00967. The number of nitrogens with zero attached hydrogens (tertiary/aromatic N) is 5. The number of rotatable bonds is 8. The van der Waals surface area contributed by atoms with Crippen molar-refractivity contribution in [2.75, 3.05) is 38.5 Å². The summed E-state index contributed by atoms with van der Waals surface area (Å²) in [6.45, 7) is 4.07. The number of aryl methyl sites for hydroxylation is 1. The number of fused-ring (bicyclic) bond motifs is 1. The van der Waals surface area contributed by atoms with Gasteiger partial charge < -0.3 is 41.0 Å². The van der Waals surface area contributed by atoms with Crippen molar-refractivity contribution in [3.8, 4) is 0 Å². The van der Waals surface area contributed by atoms with Gasteiger partial charge in [0.1, 0.15) is 23.5 Å². The number of nitrogens with two attached hydrogens (primary N) is 1. The molecule has 0 aromatic carbocycles. The zero-order valence-electron chi connectivity index (χ0n) is 22.4. The molecule has 3 amide bonds. The van der Waals surface area contributed by atoms with Gasteiger partial charge in [0.15, 0.2) is 23.8 Å². The second-order valence-corrected chi connectivity index (χ2v) is 10.6. The molecule has 3 unspecified atom stereocenters. The van der Waals surface area contributed by atoms with Gasteiger partial charge in [0.2, 0.25) is 5.91 Å². The summed E-state index contributed by atoms with van der Waals surface area (Å²) in [6.07, 6.45) is -0.698. The highest BCUT2D eigenvalue weighted by Crippen LogP contribution is 2.32. The van der Waals surface area contributed by atoms with Crippen LogP contribution in [0.4, 0.5) is 10.6 Å². The third-order valence-electron chi connectivity index (χ3n) is 7.77. The number of anilines is 1. The van der Waals surface area contributed by atoms with Crippen LogP contribution in [0.2, 0.25) is 0 Å². The van der Waals surface area contributed by atoms with Gasteiger partial charge in [-0.1, -0.05) is 0 Å². The summed E-state index contributed by atoms with van der Waals surface area (Å²) >= 11 is 0. The molecule has 3 aliphatic heterocycles. The number of hydrogen-bond acceptors (Lipinski definition) is 11. The fourth-order valence-electron chi connectivity index (χ4n) is 5.46. The Morgan fingerprint density at radius 3 is 2.70 bits per heavy atom. The number of aliphatic hydroxyl groups is 2. The van der Waals surface area contributed by atoms with Crippen LogP contribution in [0, 0.1) is 11.8 Å². The summed E-state index contributed by atoms with van der Waals surface area (Å²) in [5, 5.41) is 26.3. The molecule has 15 heteroatoms. The summed E-state index contributed by atoms with van der Waals surface area (Å²) in [4.78, 5) is 51.0. The SMILES string of the molecule is CCNC(=O)[C@H]1O[C@@H](n2cnc3c(N)nc(CCC4CCN(C(=O)OCC5CNC(=O)C5)CC4)nc32)C(O)C1O. The lowest BCUT2D eigenvalue weighted by Gasteiger charge is -2.31. The Hall–Kier alpha value is -3.56. The molecule has 3 fully saturated rings. The maximum absolute atomic E-state index is 12.4. The molecule has 40 heavy (non-hydrogen) atoms. The fraction of sp³-hybridized carbons (Fsp3) is 0.680. The van der Waals surface area contributed by atoms with E-state index in [9.17, 15) is 24.6 Å². The Balaban J connectivity index is 1.17. The van der Waals surface area contributed by atoms with Crippen molar-refractivity contribution in [3.63, 3.8) is 0 Å². The molecule has 5 heterocycles. The average molecular weight is 561 g/mol. The van der Waals surface area contributed by atoms with Gasteiger partial charge in [-0.05, 0) is 32.1 Å². The number of carbonyl (C=O) groups is 3. The van der Waals surface area contributed by atoms with Crippen molar-refractivity contribution in [3.05, 3.63) is 12.2 Å². The molecule has 2 aromatic rings. The molecular formula is C25H36N8O7. The molecule has 2 aromatic heterocycles. The van der Waals surface area contributed by atoms with Crippen LogP contribution < -0.4 is 16.4 Å². The van der Waals surface area contributed by atoms with E-state index in [2.05, 4.69) is 25.6 Å². The topological polar surface area (TPSA) is 207 Å². The molecule has 15 nitrogen and oxygen atoms in total. The normalized spacial score (nSPS) is 27.2. The maximum atomic E-state index is 12.4. The van der Waals surface area contributed by atoms with E-state index >= 15 is 0 Å². The number of ether oxygens (including phenoxy) is 2. The number of carbonyl (C=O) groups excluding carboxylic acids is 3. The number of aromatic nitrogens is 4. The number of likely N-dealkylation sites (N-methyl/N-ethyl adjacent to an activating group) is 1. The number of piperidine rings is 1. The summed E-state index contributed by atoms with van der Waals surface area (Å²) in [5.74, 6) is 0.553. The maximum Gasteiger partial charge on any atom is 0.409 e. The van der Waals surface area contributed by atoms with Gasteiger partial charge >= 0.3 is 6.09 Å². The minimum atomic E-state index is -1.42. The van der Waals surface area contributed by atoms with E-state index in [1.54, 1.807) is 11.8 Å². The van der Waals surface area contributed by atoms with Crippen LogP contribution in [-0.2, 0) is 25.5 Å². The zero-order valence-corrected chi connectivity index (χ0v) is 22.4. The van der Waals surface area contributed by atoms with Crippen LogP contribution in [0.15, 0.2) is 6.33 Å². The first kappa shape index (κ1) is 28.0. The molecule has 5 atom stereocenters.